The van der Waals surface area contributed by atoms with Gasteiger partial charge in [-0.2, -0.15) is 0 Å². The van der Waals surface area contributed by atoms with Crippen LogP contribution in [0.3, 0.4) is 0 Å². The molecule has 1 fully saturated rings. The lowest BCUT2D eigenvalue weighted by molar-refractivity contribution is 0.0594. The van der Waals surface area contributed by atoms with Crippen LogP contribution in [0.5, 0.6) is 5.75 Å². The standard InChI is InChI=1S/C22H27Cl2N3O5S/c1-25-33(30,31)19-4-2-3-15(11-19)22(29)26-13-16(28)14-27-9-7-17(8-10-27)32-18-5-6-20(23)21(24)12-18/h2-6,11-12,16-17,25,28H,7-10,13-14H2,1H3,(H,26,29)/t16-/m1/s1. The number of nitrogens with one attached hydrogen (secondary N) is 2. The summed E-state index contributed by atoms with van der Waals surface area (Å²) < 4.78 is 32.0. The summed E-state index contributed by atoms with van der Waals surface area (Å²) in [6.07, 6.45) is 0.889. The van der Waals surface area contributed by atoms with Gasteiger partial charge in [0, 0.05) is 37.8 Å². The van der Waals surface area contributed by atoms with E-state index < -0.39 is 22.0 Å². The lowest BCUT2D eigenvalue weighted by atomic mass is 10.1. The number of piperidine rings is 1. The number of benzene rings is 2. The summed E-state index contributed by atoms with van der Waals surface area (Å²) in [4.78, 5) is 14.5. The highest BCUT2D eigenvalue weighted by atomic mass is 35.5. The third-order valence-electron chi connectivity index (χ3n) is 5.37. The van der Waals surface area contributed by atoms with Crippen LogP contribution in [0.2, 0.25) is 10.0 Å². The minimum absolute atomic E-state index is 0.00385. The van der Waals surface area contributed by atoms with Crippen LogP contribution in [-0.4, -0.2) is 69.8 Å². The Morgan fingerprint density at radius 3 is 2.58 bits per heavy atom. The van der Waals surface area contributed by atoms with Gasteiger partial charge in [-0.05, 0) is 50.2 Å². The van der Waals surface area contributed by atoms with Gasteiger partial charge in [-0.3, -0.25) is 4.79 Å². The molecule has 0 bridgehead atoms. The normalized spacial score (nSPS) is 16.4. The zero-order valence-electron chi connectivity index (χ0n) is 18.1. The average Bonchev–Trinajstić information content (AvgIpc) is 2.81. The number of hydrogen-bond donors (Lipinski definition) is 3. The summed E-state index contributed by atoms with van der Waals surface area (Å²) in [5.41, 5.74) is 0.207. The number of aliphatic hydroxyl groups is 1. The smallest absolute Gasteiger partial charge is 0.251 e. The van der Waals surface area contributed by atoms with Gasteiger partial charge in [0.1, 0.15) is 11.9 Å². The highest BCUT2D eigenvalue weighted by molar-refractivity contribution is 7.89. The van der Waals surface area contributed by atoms with E-state index in [0.717, 1.165) is 25.9 Å². The van der Waals surface area contributed by atoms with Crippen molar-refractivity contribution < 1.29 is 23.1 Å². The molecule has 11 heteroatoms. The van der Waals surface area contributed by atoms with Crippen LogP contribution in [0.4, 0.5) is 0 Å². The molecule has 180 valence electrons. The first-order chi connectivity index (χ1) is 15.7. The maximum Gasteiger partial charge on any atom is 0.251 e. The van der Waals surface area contributed by atoms with Crippen molar-refractivity contribution in [1.82, 2.24) is 14.9 Å². The number of halogens is 2. The third kappa shape index (κ3) is 7.30. The van der Waals surface area contributed by atoms with Gasteiger partial charge in [0.15, 0.2) is 0 Å². The van der Waals surface area contributed by atoms with E-state index in [0.29, 0.717) is 22.3 Å². The summed E-state index contributed by atoms with van der Waals surface area (Å²) >= 11 is 12.0. The largest absolute Gasteiger partial charge is 0.490 e. The van der Waals surface area contributed by atoms with Gasteiger partial charge in [0.05, 0.1) is 21.0 Å². The van der Waals surface area contributed by atoms with Gasteiger partial charge in [-0.25, -0.2) is 13.1 Å². The molecule has 2 aromatic rings. The Labute approximate surface area is 203 Å². The molecule has 2 aromatic carbocycles. The second kappa shape index (κ2) is 11.5. The molecule has 1 saturated heterocycles. The van der Waals surface area contributed by atoms with Crippen molar-refractivity contribution in [2.75, 3.05) is 33.2 Å². The van der Waals surface area contributed by atoms with E-state index in [2.05, 4.69) is 14.9 Å². The number of carbonyl (C=O) groups is 1. The zero-order valence-corrected chi connectivity index (χ0v) is 20.5. The number of nitrogens with zero attached hydrogens (tertiary/aromatic N) is 1. The fourth-order valence-corrected chi connectivity index (χ4v) is 4.61. The van der Waals surface area contributed by atoms with Crippen LogP contribution in [0.25, 0.3) is 0 Å². The Balaban J connectivity index is 1.42. The van der Waals surface area contributed by atoms with Gasteiger partial charge in [-0.1, -0.05) is 29.3 Å². The topological polar surface area (TPSA) is 108 Å². The molecule has 1 aliphatic rings. The molecule has 0 radical (unpaired) electrons. The Kier molecular flexibility index (Phi) is 8.97. The third-order valence-corrected chi connectivity index (χ3v) is 7.52. The van der Waals surface area contributed by atoms with E-state index >= 15 is 0 Å². The molecule has 8 nitrogen and oxygen atoms in total. The summed E-state index contributed by atoms with van der Waals surface area (Å²) in [6.45, 7) is 1.97. The molecule has 0 spiro atoms. The molecule has 0 saturated carbocycles. The van der Waals surface area contributed by atoms with Crippen LogP contribution in [0.15, 0.2) is 47.4 Å². The first kappa shape index (κ1) is 25.7. The predicted molar refractivity (Wildman–Crippen MR) is 128 cm³/mol. The molecule has 33 heavy (non-hydrogen) atoms. The zero-order chi connectivity index (χ0) is 24.0. The monoisotopic (exact) mass is 515 g/mol. The van der Waals surface area contributed by atoms with E-state index in [1.54, 1.807) is 18.2 Å². The van der Waals surface area contributed by atoms with Crippen LogP contribution in [0, 0.1) is 0 Å². The quantitative estimate of drug-likeness (QED) is 0.473. The van der Waals surface area contributed by atoms with Gasteiger partial charge >= 0.3 is 0 Å². The maximum atomic E-state index is 12.4. The van der Waals surface area contributed by atoms with Crippen LogP contribution < -0.4 is 14.8 Å². The van der Waals surface area contributed by atoms with E-state index in [1.165, 1.54) is 31.3 Å². The molecule has 1 heterocycles. The first-order valence-electron chi connectivity index (χ1n) is 10.5. The van der Waals surface area contributed by atoms with Crippen LogP contribution in [0.1, 0.15) is 23.2 Å². The van der Waals surface area contributed by atoms with Crippen LogP contribution in [-0.2, 0) is 10.0 Å². The fraction of sp³-hybridized carbons (Fsp3) is 0.409. The highest BCUT2D eigenvalue weighted by Gasteiger charge is 2.23. The van der Waals surface area contributed by atoms with Crippen molar-refractivity contribution in [3.05, 3.63) is 58.1 Å². The van der Waals surface area contributed by atoms with Crippen molar-refractivity contribution in [2.24, 2.45) is 0 Å². The average molecular weight is 516 g/mol. The molecule has 0 aliphatic carbocycles. The Hall–Kier alpha value is -1.88. The lowest BCUT2D eigenvalue weighted by Crippen LogP contribution is -2.45. The number of hydrogen-bond acceptors (Lipinski definition) is 6. The molecule has 3 rings (SSSR count). The molecule has 1 atom stereocenters. The van der Waals surface area contributed by atoms with Gasteiger partial charge in [0.2, 0.25) is 10.0 Å². The minimum atomic E-state index is -3.64. The Morgan fingerprint density at radius 2 is 1.91 bits per heavy atom. The van der Waals surface area contributed by atoms with Crippen molar-refractivity contribution in [3.63, 3.8) is 0 Å². The lowest BCUT2D eigenvalue weighted by Gasteiger charge is -2.33. The summed E-state index contributed by atoms with van der Waals surface area (Å²) in [7, 11) is -2.34. The second-order valence-corrected chi connectivity index (χ2v) is 10.5. The summed E-state index contributed by atoms with van der Waals surface area (Å²) in [5.74, 6) is 0.230. The SMILES string of the molecule is CNS(=O)(=O)c1cccc(C(=O)NC[C@@H](O)CN2CCC(Oc3ccc(Cl)c(Cl)c3)CC2)c1. The number of rotatable bonds is 9. The predicted octanol–water partition coefficient (Wildman–Crippen LogP) is 2.54. The van der Waals surface area contributed by atoms with Gasteiger partial charge < -0.3 is 20.1 Å². The van der Waals surface area contributed by atoms with E-state index in [1.807, 2.05) is 0 Å². The number of sulfonamides is 1. The first-order valence-corrected chi connectivity index (χ1v) is 12.8. The fourth-order valence-electron chi connectivity index (χ4n) is 3.55. The summed E-state index contributed by atoms with van der Waals surface area (Å²) in [5, 5.41) is 13.9. The second-order valence-electron chi connectivity index (χ2n) is 7.79. The van der Waals surface area contributed by atoms with Crippen LogP contribution >= 0.6 is 23.2 Å². The van der Waals surface area contributed by atoms with E-state index in [-0.39, 0.29) is 23.1 Å². The molecule has 1 aliphatic heterocycles. The molecular weight excluding hydrogens is 489 g/mol. The van der Waals surface area contributed by atoms with Gasteiger partial charge in [-0.15, -0.1) is 0 Å². The number of likely N-dealkylation sites (tertiary alicyclic amines) is 1. The van der Waals surface area contributed by atoms with Crippen molar-refractivity contribution in [2.45, 2.75) is 29.9 Å². The minimum Gasteiger partial charge on any atom is -0.490 e. The number of amides is 1. The number of ether oxygens (including phenoxy) is 1. The molecular formula is C22H27Cl2N3O5S. The summed E-state index contributed by atoms with van der Waals surface area (Å²) in [6, 6.07) is 10.9. The van der Waals surface area contributed by atoms with Crippen molar-refractivity contribution in [3.8, 4) is 5.75 Å². The van der Waals surface area contributed by atoms with Crippen molar-refractivity contribution >= 4 is 39.1 Å². The molecule has 1 amide bonds. The van der Waals surface area contributed by atoms with E-state index in [4.69, 9.17) is 27.9 Å². The Morgan fingerprint density at radius 1 is 1.18 bits per heavy atom. The van der Waals surface area contributed by atoms with E-state index in [9.17, 15) is 18.3 Å². The maximum absolute atomic E-state index is 12.4. The number of β-amino-alcohol motifs (C(OH)–C–C–N with tert-alkyl or cyclic N) is 1. The molecule has 0 unspecified atom stereocenters. The Bertz CT molecular complexity index is 1080. The van der Waals surface area contributed by atoms with Crippen molar-refractivity contribution in [1.29, 1.82) is 0 Å². The van der Waals surface area contributed by atoms with Gasteiger partial charge in [0.25, 0.3) is 5.91 Å². The molecule has 0 aromatic heterocycles. The highest BCUT2D eigenvalue weighted by Crippen LogP contribution is 2.28. The molecule has 3 N–H and O–H groups in total. The number of aliphatic hydroxyl groups excluding tert-OH is 1. The number of carbonyl (C=O) groups excluding carboxylic acids is 1.